The van der Waals surface area contributed by atoms with Gasteiger partial charge in [-0.2, -0.15) is 13.2 Å². The van der Waals surface area contributed by atoms with Crippen molar-refractivity contribution < 1.29 is 30.0 Å². The lowest BCUT2D eigenvalue weighted by Crippen LogP contribution is -2.48. The summed E-state index contributed by atoms with van der Waals surface area (Å²) in [5, 5.41) is 5.10. The number of primary sulfonamides is 1. The number of sulfone groups is 1. The topological polar surface area (TPSA) is 120 Å². The van der Waals surface area contributed by atoms with Gasteiger partial charge in [0.25, 0.3) is 0 Å². The maximum atomic E-state index is 13.7. The molecule has 0 saturated heterocycles. The number of sulfonamides is 1. The van der Waals surface area contributed by atoms with Gasteiger partial charge in [-0.3, -0.25) is 0 Å². The van der Waals surface area contributed by atoms with Gasteiger partial charge in [0, 0.05) is 6.04 Å². The summed E-state index contributed by atoms with van der Waals surface area (Å²) in [7, 11) is -9.09. The van der Waals surface area contributed by atoms with Gasteiger partial charge < -0.3 is 5.73 Å². The number of halogens is 3. The van der Waals surface area contributed by atoms with E-state index in [1.54, 1.807) is 6.07 Å². The van der Waals surface area contributed by atoms with Crippen LogP contribution in [0.2, 0.25) is 0 Å². The fourth-order valence-electron chi connectivity index (χ4n) is 4.33. The van der Waals surface area contributed by atoms with Gasteiger partial charge in [0.1, 0.15) is 4.75 Å². The van der Waals surface area contributed by atoms with Crippen molar-refractivity contribution in [1.29, 1.82) is 0 Å². The zero-order valence-corrected chi connectivity index (χ0v) is 17.6. The largest absolute Gasteiger partial charge is 0.417 e. The third kappa shape index (κ3) is 4.08. The van der Waals surface area contributed by atoms with Gasteiger partial charge in [-0.25, -0.2) is 22.0 Å². The Balaban J connectivity index is 2.26. The molecule has 4 N–H and O–H groups in total. The summed E-state index contributed by atoms with van der Waals surface area (Å²) in [4.78, 5) is -1.29. The highest BCUT2D eigenvalue weighted by Gasteiger charge is 2.54. The van der Waals surface area contributed by atoms with Gasteiger partial charge in [-0.05, 0) is 56.2 Å². The van der Waals surface area contributed by atoms with E-state index in [-0.39, 0.29) is 10.9 Å². The third-order valence-corrected chi connectivity index (χ3v) is 9.36. The van der Waals surface area contributed by atoms with Crippen molar-refractivity contribution >= 4 is 19.9 Å². The van der Waals surface area contributed by atoms with E-state index in [0.29, 0.717) is 31.8 Å². The van der Waals surface area contributed by atoms with Gasteiger partial charge >= 0.3 is 6.18 Å². The molecule has 1 atom stereocenters. The monoisotopic (exact) mass is 464 g/mol. The van der Waals surface area contributed by atoms with E-state index in [1.807, 2.05) is 0 Å². The van der Waals surface area contributed by atoms with Crippen molar-refractivity contribution in [2.24, 2.45) is 16.8 Å². The average molecular weight is 465 g/mol. The predicted octanol–water partition coefficient (Wildman–Crippen LogP) is 2.78. The van der Waals surface area contributed by atoms with Crippen molar-refractivity contribution in [2.45, 2.75) is 54.0 Å². The Morgan fingerprint density at radius 3 is 2.03 bits per heavy atom. The Bertz CT molecular complexity index is 1070. The van der Waals surface area contributed by atoms with Crippen molar-refractivity contribution in [3.8, 4) is 0 Å². The van der Waals surface area contributed by atoms with Gasteiger partial charge in [-0.1, -0.05) is 24.3 Å². The summed E-state index contributed by atoms with van der Waals surface area (Å²) in [6, 6.07) is 7.17. The zero-order valence-electron chi connectivity index (χ0n) is 16.0. The second kappa shape index (κ2) is 7.77. The van der Waals surface area contributed by atoms with Crippen LogP contribution < -0.4 is 10.9 Å². The Morgan fingerprint density at radius 1 is 0.967 bits per heavy atom. The van der Waals surface area contributed by atoms with E-state index < -0.39 is 53.6 Å². The number of allylic oxidation sites excluding steroid dienone is 2. The highest BCUT2D eigenvalue weighted by atomic mass is 32.2. The molecule has 2 aliphatic carbocycles. The first-order valence-electron chi connectivity index (χ1n) is 9.38. The first-order valence-corrected chi connectivity index (χ1v) is 12.4. The molecule has 1 aromatic carbocycles. The van der Waals surface area contributed by atoms with Crippen LogP contribution in [0.5, 0.6) is 0 Å². The fraction of sp³-hybridized carbons (Fsp3) is 0.474. The van der Waals surface area contributed by atoms with Crippen molar-refractivity contribution in [2.75, 3.05) is 0 Å². The van der Waals surface area contributed by atoms with Crippen LogP contribution in [0.1, 0.15) is 32.1 Å². The van der Waals surface area contributed by atoms with Gasteiger partial charge in [0.05, 0.1) is 15.4 Å². The van der Waals surface area contributed by atoms with Crippen molar-refractivity contribution in [1.82, 2.24) is 0 Å². The summed E-state index contributed by atoms with van der Waals surface area (Å²) < 4.78 is 90.2. The summed E-state index contributed by atoms with van der Waals surface area (Å²) in [6.45, 7) is 0. The molecule has 0 bridgehead atoms. The van der Waals surface area contributed by atoms with Crippen molar-refractivity contribution in [3.63, 3.8) is 0 Å². The van der Waals surface area contributed by atoms with Crippen LogP contribution >= 0.6 is 0 Å². The first-order chi connectivity index (χ1) is 13.8. The predicted molar refractivity (Wildman–Crippen MR) is 106 cm³/mol. The lowest BCUT2D eigenvalue weighted by molar-refractivity contribution is -0.0892. The first kappa shape index (κ1) is 23.0. The molecule has 0 heterocycles. The molecular formula is C19H23F3N2O4S2. The molecule has 0 aliphatic heterocycles. The maximum Gasteiger partial charge on any atom is 0.417 e. The Kier molecular flexibility index (Phi) is 5.96. The highest BCUT2D eigenvalue weighted by Crippen LogP contribution is 2.49. The number of benzene rings is 1. The lowest BCUT2D eigenvalue weighted by Gasteiger charge is -2.43. The molecule has 6 nitrogen and oxygen atoms in total. The summed E-state index contributed by atoms with van der Waals surface area (Å²) in [5.74, 6) is -0.606. The molecule has 30 heavy (non-hydrogen) atoms. The zero-order chi connectivity index (χ0) is 22.4. The Labute approximate surface area is 173 Å². The minimum Gasteiger partial charge on any atom is -0.328 e. The van der Waals surface area contributed by atoms with Crippen LogP contribution in [0.25, 0.3) is 0 Å². The molecule has 166 valence electrons. The minimum absolute atomic E-state index is 0.0891. The number of nitrogens with two attached hydrogens (primary N) is 2. The van der Waals surface area contributed by atoms with E-state index in [4.69, 9.17) is 10.9 Å². The summed E-state index contributed by atoms with van der Waals surface area (Å²) in [6.07, 6.45) is -2.44. The Morgan fingerprint density at radius 2 is 1.53 bits per heavy atom. The van der Waals surface area contributed by atoms with Crippen LogP contribution in [0.3, 0.4) is 0 Å². The molecule has 0 aromatic heterocycles. The second-order valence-electron chi connectivity index (χ2n) is 7.76. The molecule has 2 aliphatic rings. The van der Waals surface area contributed by atoms with Crippen LogP contribution in [0.15, 0.2) is 57.9 Å². The summed E-state index contributed by atoms with van der Waals surface area (Å²) >= 11 is 0. The molecule has 3 rings (SSSR count). The molecular weight excluding hydrogens is 441 g/mol. The van der Waals surface area contributed by atoms with Crippen molar-refractivity contribution in [3.05, 3.63) is 53.0 Å². The molecule has 1 aromatic rings. The smallest absolute Gasteiger partial charge is 0.328 e. The van der Waals surface area contributed by atoms with Gasteiger partial charge in [-0.15, -0.1) is 0 Å². The van der Waals surface area contributed by atoms with Gasteiger partial charge in [0.2, 0.25) is 10.0 Å². The average Bonchev–Trinajstić information content (AvgIpc) is 2.67. The van der Waals surface area contributed by atoms with Crippen LogP contribution in [0.4, 0.5) is 13.2 Å². The van der Waals surface area contributed by atoms with Crippen LogP contribution in [-0.2, 0) is 19.9 Å². The van der Waals surface area contributed by atoms with Crippen LogP contribution in [0, 0.1) is 5.92 Å². The fourth-order valence-corrected chi connectivity index (χ4v) is 7.49. The number of alkyl halides is 3. The normalized spacial score (nSPS) is 28.6. The van der Waals surface area contributed by atoms with Crippen LogP contribution in [-0.4, -0.2) is 33.8 Å². The third-order valence-electron chi connectivity index (χ3n) is 5.89. The van der Waals surface area contributed by atoms with E-state index >= 15 is 0 Å². The van der Waals surface area contributed by atoms with Gasteiger partial charge in [0.15, 0.2) is 9.84 Å². The number of hydrogen-bond acceptors (Lipinski definition) is 5. The standard InChI is InChI=1S/C19H23F3N2O4S2/c20-19(21,22)16-10-11-18(12-17(16)30(24,27)28,13-6-8-14(23)9-7-13)29(25,26)15-4-2-1-3-5-15/h1-5,10,12-14H,6-9,11,23H2,(H2,24,27,28). The maximum absolute atomic E-state index is 13.7. The SMILES string of the molecule is NC1CCC(C2(S(=O)(=O)c3ccccc3)C=C(S(N)(=O)=O)C(C(F)(F)F)=CC2)CC1. The van der Waals surface area contributed by atoms with E-state index in [2.05, 4.69) is 0 Å². The molecule has 1 fully saturated rings. The van der Waals surface area contributed by atoms with E-state index in [9.17, 15) is 30.0 Å². The lowest BCUT2D eigenvalue weighted by atomic mass is 9.74. The summed E-state index contributed by atoms with van der Waals surface area (Å²) in [5.41, 5.74) is 4.49. The molecule has 0 spiro atoms. The highest BCUT2D eigenvalue weighted by molar-refractivity contribution is 7.94. The van der Waals surface area contributed by atoms with E-state index in [0.717, 1.165) is 6.08 Å². The Hall–Kier alpha value is -1.69. The number of rotatable bonds is 4. The molecule has 1 saturated carbocycles. The molecule has 0 radical (unpaired) electrons. The van der Waals surface area contributed by atoms with E-state index in [1.165, 1.54) is 24.3 Å². The molecule has 1 unspecified atom stereocenters. The molecule has 0 amide bonds. The molecule has 11 heteroatoms. The minimum atomic E-state index is -4.99. The quantitative estimate of drug-likeness (QED) is 0.710. The second-order valence-corrected chi connectivity index (χ2v) is 11.5. The number of hydrogen-bond donors (Lipinski definition) is 2.